The highest BCUT2D eigenvalue weighted by molar-refractivity contribution is 7.15. The van der Waals surface area contributed by atoms with Gasteiger partial charge in [0.2, 0.25) is 5.91 Å². The fourth-order valence-electron chi connectivity index (χ4n) is 1.97. The molecule has 0 radical (unpaired) electrons. The van der Waals surface area contributed by atoms with E-state index < -0.39 is 0 Å². The zero-order valence-electron chi connectivity index (χ0n) is 10.4. The van der Waals surface area contributed by atoms with Gasteiger partial charge in [-0.2, -0.15) is 0 Å². The topological polar surface area (TPSA) is 54.0 Å². The van der Waals surface area contributed by atoms with Crippen LogP contribution in [0.15, 0.2) is 0 Å². The number of aromatic nitrogens is 1. The number of amides is 1. The number of carbonyl (C=O) groups is 1. The van der Waals surface area contributed by atoms with Gasteiger partial charge in [0.15, 0.2) is 5.13 Å². The molecule has 4 nitrogen and oxygen atoms in total. The van der Waals surface area contributed by atoms with E-state index in [1.165, 1.54) is 4.88 Å². The summed E-state index contributed by atoms with van der Waals surface area (Å²) in [5, 5.41) is 6.99. The fourth-order valence-corrected chi connectivity index (χ4v) is 2.95. The van der Waals surface area contributed by atoms with Crippen molar-refractivity contribution < 1.29 is 4.79 Å². The average molecular weight is 253 g/mol. The smallest absolute Gasteiger partial charge is 0.228 e. The van der Waals surface area contributed by atoms with Crippen LogP contribution in [-0.2, 0) is 17.8 Å². The van der Waals surface area contributed by atoms with E-state index in [4.69, 9.17) is 0 Å². The molecular weight excluding hydrogens is 234 g/mol. The SMILES string of the molecule is CCCC(C)C(=O)Nc1nc2c(s1)CNCC2. The highest BCUT2D eigenvalue weighted by Crippen LogP contribution is 2.25. The van der Waals surface area contributed by atoms with Crippen molar-refractivity contribution in [3.63, 3.8) is 0 Å². The first-order valence-corrected chi connectivity index (χ1v) is 7.02. The predicted octanol–water partition coefficient (Wildman–Crippen LogP) is 2.16. The molecule has 2 heterocycles. The molecule has 0 saturated heterocycles. The lowest BCUT2D eigenvalue weighted by molar-refractivity contribution is -0.119. The van der Waals surface area contributed by atoms with Crippen LogP contribution in [0.25, 0.3) is 0 Å². The normalized spacial score (nSPS) is 16.4. The molecule has 0 bridgehead atoms. The van der Waals surface area contributed by atoms with Crippen molar-refractivity contribution >= 4 is 22.4 Å². The number of hydrogen-bond donors (Lipinski definition) is 2. The summed E-state index contributed by atoms with van der Waals surface area (Å²) in [6.45, 7) is 5.93. The maximum absolute atomic E-state index is 11.9. The van der Waals surface area contributed by atoms with E-state index in [0.717, 1.165) is 43.2 Å². The van der Waals surface area contributed by atoms with Crippen LogP contribution in [0.1, 0.15) is 37.3 Å². The lowest BCUT2D eigenvalue weighted by Gasteiger charge is -2.09. The fraction of sp³-hybridized carbons (Fsp3) is 0.667. The largest absolute Gasteiger partial charge is 0.311 e. The van der Waals surface area contributed by atoms with Crippen LogP contribution in [0.4, 0.5) is 5.13 Å². The molecule has 1 aliphatic rings. The summed E-state index contributed by atoms with van der Waals surface area (Å²) < 4.78 is 0. The third-order valence-electron chi connectivity index (χ3n) is 3.00. The number of fused-ring (bicyclic) bond motifs is 1. The summed E-state index contributed by atoms with van der Waals surface area (Å²) in [5.41, 5.74) is 1.15. The van der Waals surface area contributed by atoms with Gasteiger partial charge in [0.25, 0.3) is 0 Å². The molecule has 1 atom stereocenters. The van der Waals surface area contributed by atoms with Gasteiger partial charge < -0.3 is 10.6 Å². The van der Waals surface area contributed by atoms with Gasteiger partial charge >= 0.3 is 0 Å². The zero-order valence-corrected chi connectivity index (χ0v) is 11.2. The van der Waals surface area contributed by atoms with Crippen molar-refractivity contribution in [3.8, 4) is 0 Å². The van der Waals surface area contributed by atoms with E-state index in [2.05, 4.69) is 22.5 Å². The molecule has 17 heavy (non-hydrogen) atoms. The van der Waals surface area contributed by atoms with Crippen molar-refractivity contribution in [2.75, 3.05) is 11.9 Å². The average Bonchev–Trinajstić information content (AvgIpc) is 2.71. The van der Waals surface area contributed by atoms with Crippen molar-refractivity contribution in [3.05, 3.63) is 10.6 Å². The van der Waals surface area contributed by atoms with Gasteiger partial charge in [0.1, 0.15) is 0 Å². The lowest BCUT2D eigenvalue weighted by Crippen LogP contribution is -2.22. The minimum absolute atomic E-state index is 0.0686. The first-order valence-electron chi connectivity index (χ1n) is 6.21. The second kappa shape index (κ2) is 5.60. The Morgan fingerprint density at radius 2 is 2.47 bits per heavy atom. The molecule has 0 aromatic carbocycles. The molecule has 2 rings (SSSR count). The van der Waals surface area contributed by atoms with Crippen LogP contribution in [0.2, 0.25) is 0 Å². The molecule has 1 aliphatic heterocycles. The first kappa shape index (κ1) is 12.5. The minimum Gasteiger partial charge on any atom is -0.311 e. The molecule has 5 heteroatoms. The Labute approximate surface area is 106 Å². The first-order chi connectivity index (χ1) is 8.20. The highest BCUT2D eigenvalue weighted by atomic mass is 32.1. The molecule has 2 N–H and O–H groups in total. The number of hydrogen-bond acceptors (Lipinski definition) is 4. The minimum atomic E-state index is 0.0686. The molecular formula is C12H19N3OS. The molecule has 1 amide bonds. The zero-order chi connectivity index (χ0) is 12.3. The van der Waals surface area contributed by atoms with E-state index in [1.54, 1.807) is 11.3 Å². The molecule has 1 aromatic heterocycles. The van der Waals surface area contributed by atoms with E-state index in [-0.39, 0.29) is 11.8 Å². The second-order valence-electron chi connectivity index (χ2n) is 4.49. The lowest BCUT2D eigenvalue weighted by atomic mass is 10.1. The summed E-state index contributed by atoms with van der Waals surface area (Å²) in [5.74, 6) is 0.157. The van der Waals surface area contributed by atoms with Crippen molar-refractivity contribution in [1.29, 1.82) is 0 Å². The predicted molar refractivity (Wildman–Crippen MR) is 70.2 cm³/mol. The maximum Gasteiger partial charge on any atom is 0.228 e. The van der Waals surface area contributed by atoms with Crippen LogP contribution < -0.4 is 10.6 Å². The molecule has 1 aromatic rings. The van der Waals surface area contributed by atoms with Crippen molar-refractivity contribution in [1.82, 2.24) is 10.3 Å². The van der Waals surface area contributed by atoms with Gasteiger partial charge in [0, 0.05) is 30.3 Å². The van der Waals surface area contributed by atoms with E-state index >= 15 is 0 Å². The van der Waals surface area contributed by atoms with Gasteiger partial charge in [-0.25, -0.2) is 4.98 Å². The van der Waals surface area contributed by atoms with Crippen LogP contribution in [-0.4, -0.2) is 17.4 Å². The number of nitrogens with zero attached hydrogens (tertiary/aromatic N) is 1. The molecule has 0 saturated carbocycles. The molecule has 0 aliphatic carbocycles. The molecule has 94 valence electrons. The number of anilines is 1. The Kier molecular flexibility index (Phi) is 4.12. The van der Waals surface area contributed by atoms with E-state index in [9.17, 15) is 4.79 Å². The van der Waals surface area contributed by atoms with Gasteiger partial charge in [-0.3, -0.25) is 4.79 Å². The van der Waals surface area contributed by atoms with Crippen LogP contribution in [0, 0.1) is 5.92 Å². The number of carbonyl (C=O) groups excluding carboxylic acids is 1. The van der Waals surface area contributed by atoms with E-state index in [1.807, 2.05) is 6.92 Å². The van der Waals surface area contributed by atoms with Crippen molar-refractivity contribution in [2.24, 2.45) is 5.92 Å². The Balaban J connectivity index is 1.99. The van der Waals surface area contributed by atoms with Crippen LogP contribution >= 0.6 is 11.3 Å². The van der Waals surface area contributed by atoms with Gasteiger partial charge in [0.05, 0.1) is 5.69 Å². The second-order valence-corrected chi connectivity index (χ2v) is 5.58. The number of rotatable bonds is 4. The third kappa shape index (κ3) is 3.04. The maximum atomic E-state index is 11.9. The third-order valence-corrected chi connectivity index (χ3v) is 4.01. The summed E-state index contributed by atoms with van der Waals surface area (Å²) in [6.07, 6.45) is 2.93. The Bertz CT molecular complexity index is 379. The Morgan fingerprint density at radius 1 is 1.65 bits per heavy atom. The van der Waals surface area contributed by atoms with Gasteiger partial charge in [-0.05, 0) is 6.42 Å². The summed E-state index contributed by atoms with van der Waals surface area (Å²) in [6, 6.07) is 0. The molecule has 0 spiro atoms. The Hall–Kier alpha value is -0.940. The monoisotopic (exact) mass is 253 g/mol. The van der Waals surface area contributed by atoms with E-state index in [0.29, 0.717) is 0 Å². The standard InChI is InChI=1S/C12H19N3OS/c1-3-4-8(2)11(16)15-12-14-9-5-6-13-7-10(9)17-12/h8,13H,3-7H2,1-2H3,(H,14,15,16). The number of thiazole rings is 1. The van der Waals surface area contributed by atoms with Gasteiger partial charge in [-0.1, -0.05) is 20.3 Å². The van der Waals surface area contributed by atoms with Crippen molar-refractivity contribution in [2.45, 2.75) is 39.7 Å². The quantitative estimate of drug-likeness (QED) is 0.864. The molecule has 1 unspecified atom stereocenters. The number of nitrogens with one attached hydrogen (secondary N) is 2. The summed E-state index contributed by atoms with van der Waals surface area (Å²) in [7, 11) is 0. The summed E-state index contributed by atoms with van der Waals surface area (Å²) in [4.78, 5) is 17.6. The summed E-state index contributed by atoms with van der Waals surface area (Å²) >= 11 is 1.59. The Morgan fingerprint density at radius 3 is 3.18 bits per heavy atom. The van der Waals surface area contributed by atoms with Crippen LogP contribution in [0.3, 0.4) is 0 Å². The molecule has 0 fully saturated rings. The van der Waals surface area contributed by atoms with Gasteiger partial charge in [-0.15, -0.1) is 11.3 Å². The van der Waals surface area contributed by atoms with Crippen LogP contribution in [0.5, 0.6) is 0 Å². The highest BCUT2D eigenvalue weighted by Gasteiger charge is 2.18.